The highest BCUT2D eigenvalue weighted by molar-refractivity contribution is 14.1. The molecule has 1 aliphatic rings. The lowest BCUT2D eigenvalue weighted by Gasteiger charge is -2.15. The fourth-order valence-electron chi connectivity index (χ4n) is 2.44. The summed E-state index contributed by atoms with van der Waals surface area (Å²) in [7, 11) is 0. The molecule has 1 aliphatic heterocycles. The van der Waals surface area contributed by atoms with Crippen molar-refractivity contribution in [2.75, 3.05) is 12.4 Å². The van der Waals surface area contributed by atoms with Crippen molar-refractivity contribution >= 4 is 86.2 Å². The Morgan fingerprint density at radius 1 is 1.31 bits per heavy atom. The number of carbonyl (C=O) groups is 1. The Bertz CT molecular complexity index is 972. The van der Waals surface area contributed by atoms with Gasteiger partial charge in [0.2, 0.25) is 0 Å². The molecule has 3 rings (SSSR count). The molecule has 0 radical (unpaired) electrons. The second kappa shape index (κ2) is 10.3. The number of thioether (sulfide) groups is 1. The summed E-state index contributed by atoms with van der Waals surface area (Å²) in [5.41, 5.74) is 1.58. The van der Waals surface area contributed by atoms with Crippen molar-refractivity contribution in [1.29, 1.82) is 0 Å². The highest BCUT2D eigenvalue weighted by Crippen LogP contribution is 2.35. The average Bonchev–Trinajstić information content (AvgIpc) is 2.99. The van der Waals surface area contributed by atoms with Crippen LogP contribution in [0.1, 0.15) is 18.1 Å². The Kier molecular flexibility index (Phi) is 8.03. The fourth-order valence-corrected chi connectivity index (χ4v) is 4.65. The molecule has 0 spiro atoms. The molecule has 2 aromatic carbocycles. The smallest absolute Gasteiger partial charge is 0.259 e. The zero-order valence-corrected chi connectivity index (χ0v) is 20.5. The standard InChI is InChI=1S/C19H15Cl2IN2O3S2/c1-2-26-16-6-11(8-23-24-17(25)10-29-19(24)28)5-15(22)18(16)27-9-12-3-4-13(20)7-14(12)21/h3-8H,2,9-10H2,1H3/b23-8+. The maximum atomic E-state index is 11.8. The number of amides is 1. The molecular formula is C19H15Cl2IN2O3S2. The van der Waals surface area contributed by atoms with Crippen molar-refractivity contribution in [3.8, 4) is 11.5 Å². The Hall–Kier alpha value is -1.07. The number of thiocarbonyl (C=S) groups is 1. The molecule has 2 aromatic rings. The van der Waals surface area contributed by atoms with Crippen LogP contribution >= 0.6 is 69.8 Å². The quantitative estimate of drug-likeness (QED) is 0.236. The number of carbonyl (C=O) groups excluding carboxylic acids is 1. The van der Waals surface area contributed by atoms with E-state index in [0.717, 1.165) is 14.7 Å². The number of rotatable bonds is 7. The number of halogens is 3. The first-order chi connectivity index (χ1) is 13.9. The zero-order chi connectivity index (χ0) is 21.0. The van der Waals surface area contributed by atoms with Crippen molar-refractivity contribution < 1.29 is 14.3 Å². The Morgan fingerprint density at radius 3 is 2.76 bits per heavy atom. The molecule has 0 aromatic heterocycles. The Balaban J connectivity index is 1.82. The lowest BCUT2D eigenvalue weighted by molar-refractivity contribution is -0.123. The monoisotopic (exact) mass is 580 g/mol. The summed E-state index contributed by atoms with van der Waals surface area (Å²) in [4.78, 5) is 11.8. The average molecular weight is 581 g/mol. The molecule has 0 N–H and O–H groups in total. The number of hydrogen-bond donors (Lipinski definition) is 0. The molecule has 1 saturated heterocycles. The normalized spacial score (nSPS) is 14.1. The fraction of sp³-hybridized carbons (Fsp3) is 0.211. The topological polar surface area (TPSA) is 51.1 Å². The van der Waals surface area contributed by atoms with Crippen LogP contribution in [0.25, 0.3) is 0 Å². The number of hydrazone groups is 1. The van der Waals surface area contributed by atoms with Crippen LogP contribution in [-0.2, 0) is 11.4 Å². The molecule has 0 saturated carbocycles. The van der Waals surface area contributed by atoms with E-state index in [1.165, 1.54) is 16.8 Å². The van der Waals surface area contributed by atoms with E-state index < -0.39 is 0 Å². The first kappa shape index (κ1) is 22.6. The summed E-state index contributed by atoms with van der Waals surface area (Å²) in [6.45, 7) is 2.64. The van der Waals surface area contributed by atoms with Crippen LogP contribution < -0.4 is 9.47 Å². The van der Waals surface area contributed by atoms with Gasteiger partial charge in [0.25, 0.3) is 5.91 Å². The predicted molar refractivity (Wildman–Crippen MR) is 131 cm³/mol. The lowest BCUT2D eigenvalue weighted by Crippen LogP contribution is -2.22. The van der Waals surface area contributed by atoms with Gasteiger partial charge >= 0.3 is 0 Å². The minimum absolute atomic E-state index is 0.129. The molecule has 0 unspecified atom stereocenters. The van der Waals surface area contributed by atoms with Crippen molar-refractivity contribution in [1.82, 2.24) is 5.01 Å². The molecule has 1 amide bonds. The van der Waals surface area contributed by atoms with Gasteiger partial charge in [-0.25, -0.2) is 0 Å². The third-order valence-corrected chi connectivity index (χ3v) is 6.50. The zero-order valence-electron chi connectivity index (χ0n) is 15.2. The van der Waals surface area contributed by atoms with E-state index in [-0.39, 0.29) is 12.5 Å². The summed E-state index contributed by atoms with van der Waals surface area (Å²) >= 11 is 20.8. The summed E-state index contributed by atoms with van der Waals surface area (Å²) < 4.78 is 13.0. The van der Waals surface area contributed by atoms with Gasteiger partial charge in [0.15, 0.2) is 15.8 Å². The largest absolute Gasteiger partial charge is 0.490 e. The van der Waals surface area contributed by atoms with Crippen LogP contribution in [0.4, 0.5) is 0 Å². The summed E-state index contributed by atoms with van der Waals surface area (Å²) in [6, 6.07) is 8.97. The van der Waals surface area contributed by atoms with Crippen LogP contribution in [-0.4, -0.2) is 33.8 Å². The number of nitrogens with zero attached hydrogens (tertiary/aromatic N) is 2. The van der Waals surface area contributed by atoms with Gasteiger partial charge in [-0.1, -0.05) is 53.2 Å². The van der Waals surface area contributed by atoms with Gasteiger partial charge in [0, 0.05) is 15.6 Å². The van der Waals surface area contributed by atoms with E-state index in [1.54, 1.807) is 18.3 Å². The Morgan fingerprint density at radius 2 is 2.10 bits per heavy atom. The van der Waals surface area contributed by atoms with E-state index >= 15 is 0 Å². The second-order valence-corrected chi connectivity index (χ2v) is 9.41. The van der Waals surface area contributed by atoms with Gasteiger partial charge in [-0.2, -0.15) is 10.1 Å². The highest BCUT2D eigenvalue weighted by Gasteiger charge is 2.26. The van der Waals surface area contributed by atoms with E-state index in [9.17, 15) is 4.79 Å². The molecule has 1 fully saturated rings. The minimum Gasteiger partial charge on any atom is -0.490 e. The lowest BCUT2D eigenvalue weighted by atomic mass is 10.2. The van der Waals surface area contributed by atoms with E-state index in [0.29, 0.717) is 38.2 Å². The first-order valence-electron chi connectivity index (χ1n) is 8.45. The predicted octanol–water partition coefficient (Wildman–Crippen LogP) is 5.77. The van der Waals surface area contributed by atoms with Gasteiger partial charge in [0.05, 0.1) is 22.1 Å². The van der Waals surface area contributed by atoms with E-state index in [4.69, 9.17) is 44.9 Å². The second-order valence-electron chi connectivity index (χ2n) is 5.79. The number of ether oxygens (including phenoxy) is 2. The van der Waals surface area contributed by atoms with Crippen molar-refractivity contribution in [2.24, 2.45) is 5.10 Å². The molecular weight excluding hydrogens is 566 g/mol. The van der Waals surface area contributed by atoms with Gasteiger partial charge < -0.3 is 9.47 Å². The van der Waals surface area contributed by atoms with Crippen LogP contribution in [0, 0.1) is 3.57 Å². The SMILES string of the molecule is CCOc1cc(/C=N/N2C(=O)CSC2=S)cc(I)c1OCc1ccc(Cl)cc1Cl. The van der Waals surface area contributed by atoms with Gasteiger partial charge in [0.1, 0.15) is 6.61 Å². The summed E-state index contributed by atoms with van der Waals surface area (Å²) in [5.74, 6) is 1.38. The minimum atomic E-state index is -0.129. The summed E-state index contributed by atoms with van der Waals surface area (Å²) in [5, 5.41) is 6.56. The third-order valence-electron chi connectivity index (χ3n) is 3.77. The van der Waals surface area contributed by atoms with Gasteiger partial charge in [-0.3, -0.25) is 4.79 Å². The van der Waals surface area contributed by atoms with Crippen molar-refractivity contribution in [3.05, 3.63) is 55.1 Å². The van der Waals surface area contributed by atoms with Gasteiger partial charge in [-0.15, -0.1) is 0 Å². The maximum Gasteiger partial charge on any atom is 0.259 e. The molecule has 29 heavy (non-hydrogen) atoms. The van der Waals surface area contributed by atoms with Gasteiger partial charge in [-0.05, 0) is 59.3 Å². The number of benzene rings is 2. The van der Waals surface area contributed by atoms with Crippen molar-refractivity contribution in [3.63, 3.8) is 0 Å². The molecule has 0 bridgehead atoms. The number of hydrogen-bond acceptors (Lipinski definition) is 6. The third kappa shape index (κ3) is 5.75. The molecule has 152 valence electrons. The molecule has 0 aliphatic carbocycles. The first-order valence-corrected chi connectivity index (χ1v) is 11.7. The van der Waals surface area contributed by atoms with E-state index in [2.05, 4.69) is 27.7 Å². The van der Waals surface area contributed by atoms with Crippen LogP contribution in [0.5, 0.6) is 11.5 Å². The van der Waals surface area contributed by atoms with Crippen LogP contribution in [0.2, 0.25) is 10.0 Å². The van der Waals surface area contributed by atoms with E-state index in [1.807, 2.05) is 25.1 Å². The summed E-state index contributed by atoms with van der Waals surface area (Å²) in [6.07, 6.45) is 1.58. The van der Waals surface area contributed by atoms with Crippen LogP contribution in [0.15, 0.2) is 35.4 Å². The molecule has 0 atom stereocenters. The Labute approximate surface area is 201 Å². The molecule has 10 heteroatoms. The van der Waals surface area contributed by atoms with Crippen molar-refractivity contribution in [2.45, 2.75) is 13.5 Å². The highest BCUT2D eigenvalue weighted by atomic mass is 127. The van der Waals surface area contributed by atoms with Crippen LogP contribution in [0.3, 0.4) is 0 Å². The molecule has 1 heterocycles. The maximum absolute atomic E-state index is 11.8. The molecule has 5 nitrogen and oxygen atoms in total.